The van der Waals surface area contributed by atoms with Crippen LogP contribution in [0, 0.1) is 0 Å². The van der Waals surface area contributed by atoms with Crippen LogP contribution in [0.2, 0.25) is 0 Å². The van der Waals surface area contributed by atoms with E-state index in [1.807, 2.05) is 0 Å². The molecule has 2 aromatic carbocycles. The highest BCUT2D eigenvalue weighted by molar-refractivity contribution is 9.10. The zero-order valence-corrected chi connectivity index (χ0v) is 14.0. The molecule has 0 fully saturated rings. The molecule has 3 rings (SSSR count). The monoisotopic (exact) mass is 379 g/mol. The average Bonchev–Trinajstić information content (AvgIpc) is 2.69. The predicted octanol–water partition coefficient (Wildman–Crippen LogP) is 6.12. The molecule has 0 spiro atoms. The number of aryl methyl sites for hydroxylation is 1. The molecular formula is C16H15Br2N. The Labute approximate surface area is 129 Å². The van der Waals surface area contributed by atoms with Gasteiger partial charge in [-0.3, -0.25) is 0 Å². The van der Waals surface area contributed by atoms with Crippen molar-refractivity contribution in [2.45, 2.75) is 26.3 Å². The largest absolute Gasteiger partial charge is 0.340 e. The smallest absolute Gasteiger partial charge is 0.0492 e. The van der Waals surface area contributed by atoms with Crippen LogP contribution in [-0.4, -0.2) is 4.57 Å². The fourth-order valence-electron chi connectivity index (χ4n) is 2.61. The Bertz CT molecular complexity index is 684. The third-order valence-corrected chi connectivity index (χ3v) is 4.51. The molecule has 0 saturated heterocycles. The molecule has 1 aromatic heterocycles. The molecule has 0 aliphatic heterocycles. The van der Waals surface area contributed by atoms with Crippen molar-refractivity contribution in [2.24, 2.45) is 0 Å². The molecule has 98 valence electrons. The van der Waals surface area contributed by atoms with Crippen molar-refractivity contribution in [3.8, 4) is 0 Å². The van der Waals surface area contributed by atoms with E-state index in [-0.39, 0.29) is 0 Å². The molecule has 0 bridgehead atoms. The molecule has 0 saturated carbocycles. The molecule has 0 radical (unpaired) electrons. The standard InChI is InChI=1S/C16H15Br2N/c1-2-3-8-19-15-6-4-11(17)9-13(15)14-10-12(18)5-7-16(14)19/h4-7,9-10H,2-3,8H2,1H3. The second-order valence-corrected chi connectivity index (χ2v) is 6.66. The van der Waals surface area contributed by atoms with E-state index in [9.17, 15) is 0 Å². The van der Waals surface area contributed by atoms with Crippen molar-refractivity contribution in [3.05, 3.63) is 45.3 Å². The number of fused-ring (bicyclic) bond motifs is 3. The van der Waals surface area contributed by atoms with Gasteiger partial charge in [-0.1, -0.05) is 45.2 Å². The maximum absolute atomic E-state index is 3.58. The lowest BCUT2D eigenvalue weighted by molar-refractivity contribution is 0.665. The van der Waals surface area contributed by atoms with Crippen molar-refractivity contribution in [2.75, 3.05) is 0 Å². The highest BCUT2D eigenvalue weighted by Gasteiger charge is 2.10. The lowest BCUT2D eigenvalue weighted by Crippen LogP contribution is -1.96. The van der Waals surface area contributed by atoms with Gasteiger partial charge in [-0.25, -0.2) is 0 Å². The van der Waals surface area contributed by atoms with E-state index < -0.39 is 0 Å². The lowest BCUT2D eigenvalue weighted by Gasteiger charge is -2.06. The first-order valence-corrected chi connectivity index (χ1v) is 8.16. The van der Waals surface area contributed by atoms with Crippen LogP contribution < -0.4 is 0 Å². The second kappa shape index (κ2) is 5.29. The zero-order chi connectivity index (χ0) is 13.4. The summed E-state index contributed by atoms with van der Waals surface area (Å²) in [5, 5.41) is 2.64. The maximum atomic E-state index is 3.58. The summed E-state index contributed by atoms with van der Waals surface area (Å²) in [6.07, 6.45) is 2.43. The summed E-state index contributed by atoms with van der Waals surface area (Å²) in [6.45, 7) is 3.32. The number of hydrogen-bond donors (Lipinski definition) is 0. The van der Waals surface area contributed by atoms with E-state index in [2.05, 4.69) is 79.7 Å². The van der Waals surface area contributed by atoms with E-state index in [4.69, 9.17) is 0 Å². The number of halogens is 2. The summed E-state index contributed by atoms with van der Waals surface area (Å²) < 4.78 is 4.71. The fourth-order valence-corrected chi connectivity index (χ4v) is 3.33. The van der Waals surface area contributed by atoms with Gasteiger partial charge in [0, 0.05) is 37.3 Å². The van der Waals surface area contributed by atoms with Gasteiger partial charge < -0.3 is 4.57 Å². The minimum atomic E-state index is 1.08. The van der Waals surface area contributed by atoms with Crippen LogP contribution in [0.1, 0.15) is 19.8 Å². The molecule has 1 heterocycles. The Kier molecular flexibility index (Phi) is 3.68. The Balaban J connectivity index is 2.36. The van der Waals surface area contributed by atoms with Gasteiger partial charge in [0.2, 0.25) is 0 Å². The summed E-state index contributed by atoms with van der Waals surface area (Å²) in [5.74, 6) is 0. The molecule has 0 aliphatic carbocycles. The maximum Gasteiger partial charge on any atom is 0.0492 e. The van der Waals surface area contributed by atoms with Gasteiger partial charge in [0.25, 0.3) is 0 Å². The van der Waals surface area contributed by atoms with E-state index in [1.165, 1.54) is 34.6 Å². The third-order valence-electron chi connectivity index (χ3n) is 3.52. The SMILES string of the molecule is CCCCn1c2ccc(Br)cc2c2cc(Br)ccc21. The van der Waals surface area contributed by atoms with E-state index >= 15 is 0 Å². The molecule has 0 aliphatic rings. The van der Waals surface area contributed by atoms with Crippen molar-refractivity contribution in [1.29, 1.82) is 0 Å². The van der Waals surface area contributed by atoms with Crippen LogP contribution in [0.15, 0.2) is 45.3 Å². The van der Waals surface area contributed by atoms with Crippen molar-refractivity contribution in [1.82, 2.24) is 4.57 Å². The van der Waals surface area contributed by atoms with E-state index in [1.54, 1.807) is 0 Å². The van der Waals surface area contributed by atoms with E-state index in [0.29, 0.717) is 0 Å². The topological polar surface area (TPSA) is 4.93 Å². The predicted molar refractivity (Wildman–Crippen MR) is 89.8 cm³/mol. The molecule has 19 heavy (non-hydrogen) atoms. The quantitative estimate of drug-likeness (QED) is 0.515. The van der Waals surface area contributed by atoms with Gasteiger partial charge in [0.1, 0.15) is 0 Å². The van der Waals surface area contributed by atoms with Gasteiger partial charge in [-0.15, -0.1) is 0 Å². The minimum absolute atomic E-state index is 1.08. The Morgan fingerprint density at radius 2 is 1.42 bits per heavy atom. The van der Waals surface area contributed by atoms with Gasteiger partial charge in [-0.2, -0.15) is 0 Å². The molecule has 0 atom stereocenters. The summed E-state index contributed by atoms with van der Waals surface area (Å²) in [7, 11) is 0. The third kappa shape index (κ3) is 2.34. The normalized spacial score (nSPS) is 11.5. The second-order valence-electron chi connectivity index (χ2n) is 4.83. The van der Waals surface area contributed by atoms with Crippen LogP contribution in [0.25, 0.3) is 21.8 Å². The number of unbranched alkanes of at least 4 members (excludes halogenated alkanes) is 1. The highest BCUT2D eigenvalue weighted by Crippen LogP contribution is 2.33. The van der Waals surface area contributed by atoms with Gasteiger partial charge in [0.15, 0.2) is 0 Å². The summed E-state index contributed by atoms with van der Waals surface area (Å²) in [5.41, 5.74) is 2.65. The zero-order valence-electron chi connectivity index (χ0n) is 10.8. The summed E-state index contributed by atoms with van der Waals surface area (Å²) in [6, 6.07) is 13.1. The van der Waals surface area contributed by atoms with Gasteiger partial charge in [0.05, 0.1) is 0 Å². The van der Waals surface area contributed by atoms with Crippen LogP contribution in [-0.2, 0) is 6.54 Å². The fraction of sp³-hybridized carbons (Fsp3) is 0.250. The van der Waals surface area contributed by atoms with E-state index in [0.717, 1.165) is 15.5 Å². The molecule has 0 amide bonds. The number of rotatable bonds is 3. The first-order chi connectivity index (χ1) is 9.20. The molecule has 3 heteroatoms. The van der Waals surface area contributed by atoms with Crippen LogP contribution in [0.5, 0.6) is 0 Å². The molecule has 3 aromatic rings. The lowest BCUT2D eigenvalue weighted by atomic mass is 10.2. The summed E-state index contributed by atoms with van der Waals surface area (Å²) >= 11 is 7.16. The van der Waals surface area contributed by atoms with Crippen molar-refractivity contribution < 1.29 is 0 Å². The van der Waals surface area contributed by atoms with Crippen LogP contribution in [0.3, 0.4) is 0 Å². The Hall–Kier alpha value is -0.800. The van der Waals surface area contributed by atoms with Crippen molar-refractivity contribution in [3.63, 3.8) is 0 Å². The van der Waals surface area contributed by atoms with Crippen LogP contribution >= 0.6 is 31.9 Å². The number of aromatic nitrogens is 1. The van der Waals surface area contributed by atoms with Gasteiger partial charge >= 0.3 is 0 Å². The molecule has 0 unspecified atom stereocenters. The van der Waals surface area contributed by atoms with Gasteiger partial charge in [-0.05, 0) is 42.8 Å². The molecule has 0 N–H and O–H groups in total. The highest BCUT2D eigenvalue weighted by atomic mass is 79.9. The summed E-state index contributed by atoms with van der Waals surface area (Å²) in [4.78, 5) is 0. The van der Waals surface area contributed by atoms with Crippen molar-refractivity contribution >= 4 is 53.7 Å². The number of hydrogen-bond acceptors (Lipinski definition) is 0. The Morgan fingerprint density at radius 3 is 1.89 bits per heavy atom. The first-order valence-electron chi connectivity index (χ1n) is 6.57. The molecule has 1 nitrogen and oxygen atoms in total. The Morgan fingerprint density at radius 1 is 0.895 bits per heavy atom. The number of nitrogens with zero attached hydrogens (tertiary/aromatic N) is 1. The molecular weight excluding hydrogens is 366 g/mol. The first kappa shape index (κ1) is 13.2. The minimum Gasteiger partial charge on any atom is -0.340 e. The average molecular weight is 381 g/mol. The van der Waals surface area contributed by atoms with Crippen LogP contribution in [0.4, 0.5) is 0 Å². The number of benzene rings is 2.